The number of hydrogen-bond acceptors (Lipinski definition) is 4. The molecule has 0 unspecified atom stereocenters. The van der Waals surface area contributed by atoms with Gasteiger partial charge in [0, 0.05) is 19.3 Å². The second-order valence-electron chi connectivity index (χ2n) is 4.74. The van der Waals surface area contributed by atoms with Gasteiger partial charge in [0.25, 0.3) is 0 Å². The lowest BCUT2D eigenvalue weighted by atomic mass is 9.75. The molecule has 5 heteroatoms. The van der Waals surface area contributed by atoms with E-state index in [1.165, 1.54) is 0 Å². The molecule has 0 heterocycles. The molecule has 1 saturated carbocycles. The highest BCUT2D eigenvalue weighted by Gasteiger charge is 2.44. The Morgan fingerprint density at radius 1 is 1.17 bits per heavy atom. The molecule has 1 aliphatic rings. The molecule has 0 saturated heterocycles. The van der Waals surface area contributed by atoms with Gasteiger partial charge in [0.05, 0.1) is 0 Å². The van der Waals surface area contributed by atoms with Crippen LogP contribution in [-0.4, -0.2) is 28.9 Å². The molecule has 0 aromatic carbocycles. The summed E-state index contributed by atoms with van der Waals surface area (Å²) in [6.07, 6.45) is 3.24. The lowest BCUT2D eigenvalue weighted by molar-refractivity contribution is -0.144. The summed E-state index contributed by atoms with van der Waals surface area (Å²) in [4.78, 5) is 45.5. The zero-order valence-corrected chi connectivity index (χ0v) is 10.3. The summed E-state index contributed by atoms with van der Waals surface area (Å²) >= 11 is 0. The Bertz CT molecular complexity index is 340. The Hall–Kier alpha value is -1.52. The first kappa shape index (κ1) is 14.5. The minimum absolute atomic E-state index is 0.00266. The van der Waals surface area contributed by atoms with Crippen LogP contribution >= 0.6 is 0 Å². The number of carboxylic acids is 1. The molecule has 0 aromatic heterocycles. The lowest BCUT2D eigenvalue weighted by Gasteiger charge is -2.23. The number of carbonyl (C=O) groups is 4. The Kier molecular flexibility index (Phi) is 5.19. The van der Waals surface area contributed by atoms with E-state index in [9.17, 15) is 19.2 Å². The first-order valence-electron chi connectivity index (χ1n) is 6.27. The maximum absolute atomic E-state index is 11.9. The van der Waals surface area contributed by atoms with Crippen molar-refractivity contribution in [2.24, 2.45) is 5.41 Å². The van der Waals surface area contributed by atoms with Gasteiger partial charge in [0.2, 0.25) is 0 Å². The Balaban J connectivity index is 2.68. The SMILES string of the molecule is O=CC1(CCCCC(=O)O)C(=O)CCCCC1=O. The molecular formula is C13H18O5. The molecule has 18 heavy (non-hydrogen) atoms. The van der Waals surface area contributed by atoms with Crippen LogP contribution in [0.1, 0.15) is 51.4 Å². The van der Waals surface area contributed by atoms with E-state index < -0.39 is 11.4 Å². The lowest BCUT2D eigenvalue weighted by Crippen LogP contribution is -2.39. The van der Waals surface area contributed by atoms with E-state index in [1.807, 2.05) is 0 Å². The second-order valence-corrected chi connectivity index (χ2v) is 4.74. The standard InChI is InChI=1S/C13H18O5/c14-9-13(8-4-3-7-12(17)18)10(15)5-1-2-6-11(13)16/h9H,1-8H2,(H,17,18). The van der Waals surface area contributed by atoms with Crippen LogP contribution in [0, 0.1) is 5.41 Å². The molecule has 0 aliphatic heterocycles. The predicted molar refractivity (Wildman–Crippen MR) is 63.1 cm³/mol. The third-order valence-corrected chi connectivity index (χ3v) is 3.47. The number of Topliss-reactive ketones (excluding diaryl/α,β-unsaturated/α-hetero) is 2. The Morgan fingerprint density at radius 3 is 2.17 bits per heavy atom. The van der Waals surface area contributed by atoms with Crippen molar-refractivity contribution in [1.82, 2.24) is 0 Å². The first-order chi connectivity index (χ1) is 8.53. The first-order valence-corrected chi connectivity index (χ1v) is 6.27. The molecule has 1 fully saturated rings. The zero-order valence-electron chi connectivity index (χ0n) is 10.3. The topological polar surface area (TPSA) is 88.5 Å². The van der Waals surface area contributed by atoms with Gasteiger partial charge in [-0.05, 0) is 25.7 Å². The molecule has 1 aliphatic carbocycles. The van der Waals surface area contributed by atoms with Crippen LogP contribution in [0.25, 0.3) is 0 Å². The van der Waals surface area contributed by atoms with E-state index >= 15 is 0 Å². The van der Waals surface area contributed by atoms with Gasteiger partial charge >= 0.3 is 5.97 Å². The molecule has 0 radical (unpaired) electrons. The van der Waals surface area contributed by atoms with Gasteiger partial charge in [-0.25, -0.2) is 0 Å². The summed E-state index contributed by atoms with van der Waals surface area (Å²) in [5, 5.41) is 8.52. The second kappa shape index (κ2) is 6.42. The molecule has 1 rings (SSSR count). The van der Waals surface area contributed by atoms with Crippen molar-refractivity contribution < 1.29 is 24.3 Å². The van der Waals surface area contributed by atoms with Crippen LogP contribution in [0.4, 0.5) is 0 Å². The van der Waals surface area contributed by atoms with E-state index in [0.717, 1.165) is 0 Å². The highest BCUT2D eigenvalue weighted by atomic mass is 16.4. The van der Waals surface area contributed by atoms with E-state index in [4.69, 9.17) is 5.11 Å². The number of rotatable bonds is 6. The zero-order chi connectivity index (χ0) is 13.6. The maximum Gasteiger partial charge on any atom is 0.303 e. The molecule has 1 N–H and O–H groups in total. The summed E-state index contributed by atoms with van der Waals surface area (Å²) in [6, 6.07) is 0. The molecule has 0 amide bonds. The molecule has 0 atom stereocenters. The largest absolute Gasteiger partial charge is 0.481 e. The quantitative estimate of drug-likeness (QED) is 0.336. The molecule has 100 valence electrons. The van der Waals surface area contributed by atoms with Gasteiger partial charge in [-0.2, -0.15) is 0 Å². The molecule has 0 aromatic rings. The number of hydrogen-bond donors (Lipinski definition) is 1. The van der Waals surface area contributed by atoms with Crippen molar-refractivity contribution in [1.29, 1.82) is 0 Å². The summed E-state index contributed by atoms with van der Waals surface area (Å²) in [6.45, 7) is 0. The number of aldehydes is 1. The van der Waals surface area contributed by atoms with Crippen molar-refractivity contribution >= 4 is 23.8 Å². The van der Waals surface area contributed by atoms with Crippen LogP contribution in [-0.2, 0) is 19.2 Å². The van der Waals surface area contributed by atoms with E-state index in [-0.39, 0.29) is 37.2 Å². The van der Waals surface area contributed by atoms with Gasteiger partial charge in [-0.3, -0.25) is 14.4 Å². The van der Waals surface area contributed by atoms with Gasteiger partial charge in [0.15, 0.2) is 11.6 Å². The van der Waals surface area contributed by atoms with Crippen molar-refractivity contribution in [2.75, 3.05) is 0 Å². The fourth-order valence-electron chi connectivity index (χ4n) is 2.32. The molecular weight excluding hydrogens is 236 g/mol. The average Bonchev–Trinajstić information content (AvgIpc) is 2.46. The van der Waals surface area contributed by atoms with Crippen molar-refractivity contribution in [2.45, 2.75) is 51.4 Å². The van der Waals surface area contributed by atoms with E-state index in [2.05, 4.69) is 0 Å². The smallest absolute Gasteiger partial charge is 0.303 e. The summed E-state index contributed by atoms with van der Waals surface area (Å²) in [7, 11) is 0. The number of ketones is 2. The summed E-state index contributed by atoms with van der Waals surface area (Å²) in [5.41, 5.74) is -1.49. The highest BCUT2D eigenvalue weighted by molar-refractivity contribution is 6.18. The van der Waals surface area contributed by atoms with Crippen LogP contribution < -0.4 is 0 Å². The molecule has 0 bridgehead atoms. The maximum atomic E-state index is 11.9. The number of carboxylic acid groups (broad SMARTS) is 1. The minimum Gasteiger partial charge on any atom is -0.481 e. The van der Waals surface area contributed by atoms with E-state index in [0.29, 0.717) is 32.0 Å². The van der Waals surface area contributed by atoms with Gasteiger partial charge in [-0.15, -0.1) is 0 Å². The average molecular weight is 254 g/mol. The normalized spacial score (nSPS) is 19.3. The highest BCUT2D eigenvalue weighted by Crippen LogP contribution is 2.32. The third kappa shape index (κ3) is 3.24. The van der Waals surface area contributed by atoms with Crippen LogP contribution in [0.3, 0.4) is 0 Å². The fraction of sp³-hybridized carbons (Fsp3) is 0.692. The number of carbonyl (C=O) groups excluding carboxylic acids is 3. The van der Waals surface area contributed by atoms with Crippen LogP contribution in [0.2, 0.25) is 0 Å². The Morgan fingerprint density at radius 2 is 1.72 bits per heavy atom. The van der Waals surface area contributed by atoms with Crippen molar-refractivity contribution in [3.05, 3.63) is 0 Å². The summed E-state index contributed by atoms with van der Waals surface area (Å²) in [5.74, 6) is -1.50. The number of unbranched alkanes of at least 4 members (excludes halogenated alkanes) is 1. The predicted octanol–water partition coefficient (Wildman–Crippen LogP) is 1.53. The summed E-state index contributed by atoms with van der Waals surface area (Å²) < 4.78 is 0. The Labute approximate surface area is 106 Å². The van der Waals surface area contributed by atoms with Crippen LogP contribution in [0.5, 0.6) is 0 Å². The van der Waals surface area contributed by atoms with Crippen LogP contribution in [0.15, 0.2) is 0 Å². The number of aliphatic carboxylic acids is 1. The molecule has 0 spiro atoms. The van der Waals surface area contributed by atoms with Gasteiger partial charge in [-0.1, -0.05) is 6.42 Å². The monoisotopic (exact) mass is 254 g/mol. The van der Waals surface area contributed by atoms with Gasteiger partial charge < -0.3 is 9.90 Å². The minimum atomic E-state index is -1.49. The fourth-order valence-corrected chi connectivity index (χ4v) is 2.32. The van der Waals surface area contributed by atoms with Crippen molar-refractivity contribution in [3.8, 4) is 0 Å². The molecule has 5 nitrogen and oxygen atoms in total. The third-order valence-electron chi connectivity index (χ3n) is 3.47. The van der Waals surface area contributed by atoms with Crippen molar-refractivity contribution in [3.63, 3.8) is 0 Å². The van der Waals surface area contributed by atoms with Gasteiger partial charge in [0.1, 0.15) is 11.7 Å². The van der Waals surface area contributed by atoms with E-state index in [1.54, 1.807) is 0 Å².